The van der Waals surface area contributed by atoms with E-state index < -0.39 is 0 Å². The first-order chi connectivity index (χ1) is 14.7. The van der Waals surface area contributed by atoms with Gasteiger partial charge in [0.25, 0.3) is 0 Å². The summed E-state index contributed by atoms with van der Waals surface area (Å²) in [5.74, 6) is 1.39. The van der Waals surface area contributed by atoms with E-state index in [1.54, 1.807) is 7.05 Å². The molecule has 31 heavy (non-hydrogen) atoms. The van der Waals surface area contributed by atoms with Crippen LogP contribution in [0, 0.1) is 5.92 Å². The van der Waals surface area contributed by atoms with Crippen LogP contribution in [-0.4, -0.2) is 50.0 Å². The van der Waals surface area contributed by atoms with Crippen LogP contribution in [-0.2, 0) is 24.1 Å². The van der Waals surface area contributed by atoms with Gasteiger partial charge in [-0.25, -0.2) is 0 Å². The number of carbonyl (C=O) groups excluding carboxylic acids is 1. The van der Waals surface area contributed by atoms with Crippen molar-refractivity contribution in [1.82, 2.24) is 15.5 Å². The molecule has 1 saturated heterocycles. The number of hydrogen-bond donors (Lipinski definition) is 2. The van der Waals surface area contributed by atoms with Gasteiger partial charge in [0.2, 0.25) is 5.91 Å². The second-order valence-corrected chi connectivity index (χ2v) is 7.95. The van der Waals surface area contributed by atoms with Gasteiger partial charge < -0.3 is 15.5 Å². The van der Waals surface area contributed by atoms with E-state index in [1.807, 2.05) is 23.1 Å². The molecule has 0 spiro atoms. The Morgan fingerprint density at radius 1 is 1.00 bits per heavy atom. The minimum atomic E-state index is 0. The third-order valence-electron chi connectivity index (χ3n) is 5.73. The zero-order valence-electron chi connectivity index (χ0n) is 18.6. The van der Waals surface area contributed by atoms with Crippen LogP contribution in [0.5, 0.6) is 0 Å². The highest BCUT2D eigenvalue weighted by Gasteiger charge is 2.29. The van der Waals surface area contributed by atoms with Crippen molar-refractivity contribution in [3.05, 3.63) is 71.3 Å². The quantitative estimate of drug-likeness (QED) is 0.294. The number of hydrogen-bond acceptors (Lipinski definition) is 2. The molecule has 3 rings (SSSR count). The predicted molar refractivity (Wildman–Crippen MR) is 139 cm³/mol. The number of rotatable bonds is 9. The third-order valence-corrected chi connectivity index (χ3v) is 5.73. The fraction of sp³-hybridized carbons (Fsp3) is 0.440. The summed E-state index contributed by atoms with van der Waals surface area (Å²) in [5, 5.41) is 6.77. The number of nitrogens with zero attached hydrogens (tertiary/aromatic N) is 2. The van der Waals surface area contributed by atoms with E-state index in [1.165, 1.54) is 16.7 Å². The van der Waals surface area contributed by atoms with Crippen molar-refractivity contribution in [2.45, 2.75) is 32.6 Å². The summed E-state index contributed by atoms with van der Waals surface area (Å²) in [4.78, 5) is 18.7. The zero-order valence-corrected chi connectivity index (χ0v) is 21.0. The Morgan fingerprint density at radius 2 is 1.68 bits per heavy atom. The number of guanidine groups is 1. The van der Waals surface area contributed by atoms with Crippen LogP contribution in [0.15, 0.2) is 59.6 Å². The fourth-order valence-electron chi connectivity index (χ4n) is 3.84. The Morgan fingerprint density at radius 3 is 2.35 bits per heavy atom. The van der Waals surface area contributed by atoms with Gasteiger partial charge in [0.1, 0.15) is 0 Å². The van der Waals surface area contributed by atoms with E-state index in [-0.39, 0.29) is 29.9 Å². The van der Waals surface area contributed by atoms with Crippen molar-refractivity contribution in [1.29, 1.82) is 0 Å². The van der Waals surface area contributed by atoms with Gasteiger partial charge in [0.05, 0.1) is 0 Å². The van der Waals surface area contributed by atoms with E-state index in [4.69, 9.17) is 0 Å². The second-order valence-electron chi connectivity index (χ2n) is 7.95. The lowest BCUT2D eigenvalue weighted by molar-refractivity contribution is -0.127. The standard InChI is InChI=1S/C25H34N4O.HI/c1-3-20-9-11-22(12-10-20)13-15-27-25(26-2)28-18-23-17-24(30)29(19-23)16-14-21-7-5-4-6-8-21;/h4-12,23H,3,13-19H2,1-2H3,(H2,26,27,28);1H. The van der Waals surface area contributed by atoms with Gasteiger partial charge in [-0.05, 0) is 36.0 Å². The van der Waals surface area contributed by atoms with E-state index in [0.29, 0.717) is 12.3 Å². The number of amides is 1. The Balaban J connectivity index is 0.00000341. The van der Waals surface area contributed by atoms with Crippen LogP contribution >= 0.6 is 24.0 Å². The number of carbonyl (C=O) groups is 1. The predicted octanol–water partition coefficient (Wildman–Crippen LogP) is 3.67. The largest absolute Gasteiger partial charge is 0.356 e. The van der Waals surface area contributed by atoms with Crippen LogP contribution in [0.2, 0.25) is 0 Å². The smallest absolute Gasteiger partial charge is 0.223 e. The maximum atomic E-state index is 12.3. The summed E-state index contributed by atoms with van der Waals surface area (Å²) in [6.45, 7) is 5.38. The molecule has 2 N–H and O–H groups in total. The van der Waals surface area contributed by atoms with Crippen molar-refractivity contribution in [3.63, 3.8) is 0 Å². The molecule has 5 nitrogen and oxygen atoms in total. The number of aliphatic imine (C=N–C) groups is 1. The second kappa shape index (κ2) is 13.3. The van der Waals surface area contributed by atoms with Gasteiger partial charge in [-0.2, -0.15) is 0 Å². The molecule has 0 saturated carbocycles. The average Bonchev–Trinajstić information content (AvgIpc) is 3.15. The van der Waals surface area contributed by atoms with Crippen molar-refractivity contribution in [2.24, 2.45) is 10.9 Å². The number of nitrogens with one attached hydrogen (secondary N) is 2. The number of halogens is 1. The minimum absolute atomic E-state index is 0. The van der Waals surface area contributed by atoms with Gasteiger partial charge >= 0.3 is 0 Å². The van der Waals surface area contributed by atoms with Gasteiger partial charge in [-0.3, -0.25) is 9.79 Å². The van der Waals surface area contributed by atoms with Crippen molar-refractivity contribution in [3.8, 4) is 0 Å². The zero-order chi connectivity index (χ0) is 21.2. The molecule has 1 fully saturated rings. The molecule has 0 radical (unpaired) electrons. The first-order valence-electron chi connectivity index (χ1n) is 11.0. The molecule has 0 aliphatic carbocycles. The molecule has 1 heterocycles. The van der Waals surface area contributed by atoms with Crippen molar-refractivity contribution < 1.29 is 4.79 Å². The van der Waals surface area contributed by atoms with Gasteiger partial charge in [0, 0.05) is 45.6 Å². The minimum Gasteiger partial charge on any atom is -0.356 e. The lowest BCUT2D eigenvalue weighted by Gasteiger charge is -2.18. The lowest BCUT2D eigenvalue weighted by atomic mass is 10.1. The number of aryl methyl sites for hydroxylation is 1. The average molecular weight is 534 g/mol. The molecule has 1 amide bonds. The fourth-order valence-corrected chi connectivity index (χ4v) is 3.84. The van der Waals surface area contributed by atoms with Gasteiger partial charge in [-0.1, -0.05) is 61.5 Å². The first-order valence-corrected chi connectivity index (χ1v) is 11.0. The Bertz CT molecular complexity index is 823. The molecule has 1 atom stereocenters. The summed E-state index contributed by atoms with van der Waals surface area (Å²) in [6, 6.07) is 19.2. The molecule has 0 aromatic heterocycles. The van der Waals surface area contributed by atoms with Gasteiger partial charge in [0.15, 0.2) is 5.96 Å². The molecule has 1 aliphatic heterocycles. The summed E-state index contributed by atoms with van der Waals surface area (Å²) in [5.41, 5.74) is 3.97. The maximum absolute atomic E-state index is 12.3. The van der Waals surface area contributed by atoms with Crippen LogP contribution in [0.4, 0.5) is 0 Å². The molecule has 2 aromatic rings. The van der Waals surface area contributed by atoms with Crippen LogP contribution < -0.4 is 10.6 Å². The maximum Gasteiger partial charge on any atom is 0.223 e. The molecule has 2 aromatic carbocycles. The highest BCUT2D eigenvalue weighted by atomic mass is 127. The van der Waals surface area contributed by atoms with E-state index in [2.05, 4.69) is 58.9 Å². The summed E-state index contributed by atoms with van der Waals surface area (Å²) in [7, 11) is 1.79. The third kappa shape index (κ3) is 8.16. The molecule has 0 bridgehead atoms. The lowest BCUT2D eigenvalue weighted by Crippen LogP contribution is -2.41. The topological polar surface area (TPSA) is 56.7 Å². The molecule has 168 valence electrons. The summed E-state index contributed by atoms with van der Waals surface area (Å²) < 4.78 is 0. The first kappa shape index (κ1) is 25.2. The Kier molecular flexibility index (Phi) is 10.8. The summed E-state index contributed by atoms with van der Waals surface area (Å²) in [6.07, 6.45) is 3.56. The molecule has 6 heteroatoms. The van der Waals surface area contributed by atoms with Crippen molar-refractivity contribution >= 4 is 35.8 Å². The number of benzene rings is 2. The molecular weight excluding hydrogens is 499 g/mol. The monoisotopic (exact) mass is 534 g/mol. The molecule has 1 unspecified atom stereocenters. The number of likely N-dealkylation sites (tertiary alicyclic amines) is 1. The van der Waals surface area contributed by atoms with E-state index in [0.717, 1.165) is 51.4 Å². The Hall–Kier alpha value is -2.09. The normalized spacial score (nSPS) is 16.2. The van der Waals surface area contributed by atoms with E-state index >= 15 is 0 Å². The Labute approximate surface area is 203 Å². The van der Waals surface area contributed by atoms with Crippen LogP contribution in [0.1, 0.15) is 30.0 Å². The van der Waals surface area contributed by atoms with Crippen molar-refractivity contribution in [2.75, 3.05) is 33.2 Å². The highest BCUT2D eigenvalue weighted by molar-refractivity contribution is 14.0. The molecular formula is C25H35IN4O. The highest BCUT2D eigenvalue weighted by Crippen LogP contribution is 2.17. The SMILES string of the molecule is CCc1ccc(CCNC(=NC)NCC2CC(=O)N(CCc3ccccc3)C2)cc1.I. The summed E-state index contributed by atoms with van der Waals surface area (Å²) >= 11 is 0. The van der Waals surface area contributed by atoms with Crippen LogP contribution in [0.3, 0.4) is 0 Å². The van der Waals surface area contributed by atoms with Crippen LogP contribution in [0.25, 0.3) is 0 Å². The van der Waals surface area contributed by atoms with Gasteiger partial charge in [-0.15, -0.1) is 24.0 Å². The molecule has 1 aliphatic rings. The van der Waals surface area contributed by atoms with E-state index in [9.17, 15) is 4.79 Å².